The molecular weight excluding hydrogens is 937 g/mol. The molecule has 0 aliphatic carbocycles. The standard InChI is InChI=1S/C51H56F4N8O7.C2H6/c1-50(2,3)70-49(68)57-43-28-35(34-8-6-7-33(25-34)29-51(53,54)55)30-56-45(43)48(67)62-19-15-37(16-20-62)69-36-13-17-60(18-14-36)31-44(64)61-21-23-63(24-22-61)47(66)40-26-32(11-12-41(40)52)27-42-38-9-4-5-10-39(38)46(65)59-58-42;1-2/h4-12,25-26,28,30,36-37H,13-24,27,29,31H2,1-3H3,(H,57,68)(H,59,65);1-2H3. The van der Waals surface area contributed by atoms with Crippen molar-refractivity contribution in [2.75, 3.05) is 64.2 Å². The lowest BCUT2D eigenvalue weighted by atomic mass is 10.0. The second kappa shape index (κ2) is 23.2. The number of H-pyrrole nitrogens is 1. The fraction of sp³-hybridized carbons (Fsp3) is 0.453. The van der Waals surface area contributed by atoms with Gasteiger partial charge in [-0.15, -0.1) is 0 Å². The maximum absolute atomic E-state index is 15.1. The van der Waals surface area contributed by atoms with Crippen molar-refractivity contribution in [3.8, 4) is 11.1 Å². The van der Waals surface area contributed by atoms with E-state index in [1.165, 1.54) is 42.6 Å². The van der Waals surface area contributed by atoms with Gasteiger partial charge in [-0.2, -0.15) is 18.3 Å². The number of hydrogen-bond donors (Lipinski definition) is 2. The quantitative estimate of drug-likeness (QED) is 0.123. The van der Waals surface area contributed by atoms with Crippen molar-refractivity contribution in [1.82, 2.24) is 34.8 Å². The van der Waals surface area contributed by atoms with Crippen LogP contribution in [-0.4, -0.2) is 141 Å². The number of aromatic nitrogens is 3. The Balaban J connectivity index is 0.00000376. The van der Waals surface area contributed by atoms with Crippen LogP contribution >= 0.6 is 0 Å². The summed E-state index contributed by atoms with van der Waals surface area (Å²) in [5, 5.41) is 10.5. The van der Waals surface area contributed by atoms with Gasteiger partial charge in [0.05, 0.1) is 47.5 Å². The largest absolute Gasteiger partial charge is 0.444 e. The highest BCUT2D eigenvalue weighted by Crippen LogP contribution is 2.30. The molecule has 0 bridgehead atoms. The van der Waals surface area contributed by atoms with Crippen LogP contribution in [0.25, 0.3) is 21.9 Å². The number of nitrogens with zero attached hydrogens (tertiary/aromatic N) is 6. The minimum atomic E-state index is -4.39. The molecule has 3 fully saturated rings. The van der Waals surface area contributed by atoms with Gasteiger partial charge >= 0.3 is 12.3 Å². The van der Waals surface area contributed by atoms with Gasteiger partial charge in [0.15, 0.2) is 5.69 Å². The van der Waals surface area contributed by atoms with Crippen molar-refractivity contribution in [2.24, 2.45) is 0 Å². The highest BCUT2D eigenvalue weighted by Gasteiger charge is 2.33. The molecule has 0 saturated carbocycles. The van der Waals surface area contributed by atoms with Crippen molar-refractivity contribution in [2.45, 2.75) is 97.1 Å². The molecule has 19 heteroatoms. The van der Waals surface area contributed by atoms with E-state index < -0.39 is 41.9 Å². The summed E-state index contributed by atoms with van der Waals surface area (Å²) in [6.07, 6.45) is -2.15. The number of piperidine rings is 2. The second-order valence-corrected chi connectivity index (χ2v) is 19.1. The zero-order valence-electron chi connectivity index (χ0n) is 41.3. The summed E-state index contributed by atoms with van der Waals surface area (Å²) >= 11 is 0. The first-order chi connectivity index (χ1) is 34.4. The summed E-state index contributed by atoms with van der Waals surface area (Å²) in [6.45, 7) is 12.6. The minimum Gasteiger partial charge on any atom is -0.444 e. The van der Waals surface area contributed by atoms with E-state index in [9.17, 15) is 37.1 Å². The highest BCUT2D eigenvalue weighted by molar-refractivity contribution is 6.02. The van der Waals surface area contributed by atoms with E-state index >= 15 is 4.39 Å². The van der Waals surface area contributed by atoms with E-state index in [0.717, 1.165) is 12.8 Å². The molecule has 2 N–H and O–H groups in total. The molecular formula is C53H62F4N8O7. The topological polar surface area (TPSA) is 170 Å². The van der Waals surface area contributed by atoms with Gasteiger partial charge in [0.2, 0.25) is 5.91 Å². The number of amides is 4. The normalized spacial score (nSPS) is 16.3. The molecule has 15 nitrogen and oxygen atoms in total. The number of fused-ring (bicyclic) bond motifs is 1. The van der Waals surface area contributed by atoms with Crippen LogP contribution in [0.15, 0.2) is 83.8 Å². The van der Waals surface area contributed by atoms with Crippen molar-refractivity contribution in [1.29, 1.82) is 0 Å². The van der Waals surface area contributed by atoms with Crippen LogP contribution in [0.3, 0.4) is 0 Å². The number of nitrogens with one attached hydrogen (secondary N) is 2. The van der Waals surface area contributed by atoms with Gasteiger partial charge in [0, 0.05) is 75.9 Å². The number of alkyl halides is 3. The van der Waals surface area contributed by atoms with Gasteiger partial charge in [-0.3, -0.25) is 29.4 Å². The third-order valence-electron chi connectivity index (χ3n) is 12.7. The summed E-state index contributed by atoms with van der Waals surface area (Å²) in [5.41, 5.74) is 1.02. The third-order valence-corrected chi connectivity index (χ3v) is 12.7. The molecule has 3 aromatic carbocycles. The Morgan fingerprint density at radius 2 is 1.38 bits per heavy atom. The Hall–Kier alpha value is -6.73. The summed E-state index contributed by atoms with van der Waals surface area (Å²) in [6, 6.07) is 18.9. The number of likely N-dealkylation sites (tertiary alicyclic amines) is 2. The maximum Gasteiger partial charge on any atom is 0.412 e. The third kappa shape index (κ3) is 13.8. The molecule has 384 valence electrons. The fourth-order valence-corrected chi connectivity index (χ4v) is 9.18. The van der Waals surface area contributed by atoms with Crippen LogP contribution in [-0.2, 0) is 27.1 Å². The van der Waals surface area contributed by atoms with Gasteiger partial charge in [0.25, 0.3) is 17.4 Å². The Morgan fingerprint density at radius 3 is 2.04 bits per heavy atom. The van der Waals surface area contributed by atoms with E-state index in [-0.39, 0.29) is 72.2 Å². The molecule has 0 spiro atoms. The molecule has 4 amide bonds. The van der Waals surface area contributed by atoms with Gasteiger partial charge in [-0.1, -0.05) is 62.4 Å². The first-order valence-corrected chi connectivity index (χ1v) is 24.5. The Kier molecular flexibility index (Phi) is 17.1. The van der Waals surface area contributed by atoms with Gasteiger partial charge in [-0.05, 0) is 87.4 Å². The van der Waals surface area contributed by atoms with Gasteiger partial charge < -0.3 is 24.2 Å². The lowest BCUT2D eigenvalue weighted by Crippen LogP contribution is -2.53. The molecule has 0 radical (unpaired) electrons. The number of benzene rings is 3. The first kappa shape index (κ1) is 53.1. The number of hydrogen-bond acceptors (Lipinski definition) is 10. The first-order valence-electron chi connectivity index (χ1n) is 24.5. The Morgan fingerprint density at radius 1 is 0.736 bits per heavy atom. The number of carbonyl (C=O) groups excluding carboxylic acids is 4. The van der Waals surface area contributed by atoms with E-state index in [2.05, 4.69) is 25.4 Å². The maximum atomic E-state index is 15.1. The summed E-state index contributed by atoms with van der Waals surface area (Å²) in [5.74, 6) is -1.55. The Bertz CT molecular complexity index is 2790. The van der Waals surface area contributed by atoms with Crippen molar-refractivity contribution in [3.05, 3.63) is 123 Å². The molecule has 0 unspecified atom stereocenters. The Labute approximate surface area is 415 Å². The molecule has 2 aromatic heterocycles. The van der Waals surface area contributed by atoms with Crippen LogP contribution in [0.2, 0.25) is 0 Å². The lowest BCUT2D eigenvalue weighted by molar-refractivity contribution is -0.135. The smallest absolute Gasteiger partial charge is 0.412 e. The predicted molar refractivity (Wildman–Crippen MR) is 264 cm³/mol. The predicted octanol–water partition coefficient (Wildman–Crippen LogP) is 8.26. The molecule has 5 aromatic rings. The number of ether oxygens (including phenoxy) is 2. The monoisotopic (exact) mass is 998 g/mol. The zero-order chi connectivity index (χ0) is 51.7. The number of aromatic amines is 1. The molecule has 8 rings (SSSR count). The number of halogens is 4. The molecule has 3 saturated heterocycles. The van der Waals surface area contributed by atoms with Crippen LogP contribution in [0, 0.1) is 5.82 Å². The molecule has 72 heavy (non-hydrogen) atoms. The zero-order valence-corrected chi connectivity index (χ0v) is 41.3. The van der Waals surface area contributed by atoms with E-state index in [1.54, 1.807) is 65.8 Å². The van der Waals surface area contributed by atoms with Gasteiger partial charge in [-0.25, -0.2) is 19.3 Å². The van der Waals surface area contributed by atoms with Crippen LogP contribution < -0.4 is 10.9 Å². The molecule has 3 aliphatic rings. The van der Waals surface area contributed by atoms with Crippen LogP contribution in [0.1, 0.15) is 98.0 Å². The van der Waals surface area contributed by atoms with Crippen molar-refractivity contribution < 1.29 is 46.2 Å². The molecule has 0 atom stereocenters. The highest BCUT2D eigenvalue weighted by atomic mass is 19.4. The van der Waals surface area contributed by atoms with E-state index in [1.807, 2.05) is 19.9 Å². The summed E-state index contributed by atoms with van der Waals surface area (Å²) in [4.78, 5) is 77.5. The van der Waals surface area contributed by atoms with E-state index in [0.29, 0.717) is 85.3 Å². The fourth-order valence-electron chi connectivity index (χ4n) is 9.18. The SMILES string of the molecule is CC.CC(C)(C)OC(=O)Nc1cc(-c2cccc(CC(F)(F)F)c2)cnc1C(=O)N1CCC(OC2CCN(CC(=O)N3CCN(C(=O)c4cc(Cc5n[nH]c(=O)c6ccccc56)ccc4F)CC3)CC2)CC1. The summed E-state index contributed by atoms with van der Waals surface area (Å²) in [7, 11) is 0. The summed E-state index contributed by atoms with van der Waals surface area (Å²) < 4.78 is 66.5. The van der Waals surface area contributed by atoms with Crippen LogP contribution in [0.4, 0.5) is 28.0 Å². The molecule has 3 aliphatic heterocycles. The number of piperazine rings is 1. The number of anilines is 1. The lowest BCUT2D eigenvalue weighted by Gasteiger charge is -2.38. The number of pyridine rings is 1. The molecule has 5 heterocycles. The second-order valence-electron chi connectivity index (χ2n) is 19.1. The van der Waals surface area contributed by atoms with Gasteiger partial charge in [0.1, 0.15) is 11.4 Å². The minimum absolute atomic E-state index is 0.0205. The number of rotatable bonds is 11. The van der Waals surface area contributed by atoms with Crippen molar-refractivity contribution in [3.63, 3.8) is 0 Å². The van der Waals surface area contributed by atoms with Crippen molar-refractivity contribution >= 4 is 40.3 Å². The van der Waals surface area contributed by atoms with E-state index in [4.69, 9.17) is 9.47 Å². The number of carbonyl (C=O) groups is 4. The average molecular weight is 999 g/mol. The van der Waals surface area contributed by atoms with Crippen LogP contribution in [0.5, 0.6) is 0 Å². The average Bonchev–Trinajstić information content (AvgIpc) is 3.35.